The number of ether oxygens (including phenoxy) is 1. The van der Waals surface area contributed by atoms with Crippen molar-refractivity contribution in [3.8, 4) is 11.3 Å². The van der Waals surface area contributed by atoms with E-state index in [1.54, 1.807) is 0 Å². The Bertz CT molecular complexity index is 1220. The SMILES string of the molecule is CS(=O)(=O)N(CCO)c1ccc2c(C(=O)OC(N)=O)c(-c3ccc(F)cc3)oc2c1. The highest BCUT2D eigenvalue weighted by molar-refractivity contribution is 7.92. The number of furan rings is 1. The van der Waals surface area contributed by atoms with Crippen molar-refractivity contribution < 1.29 is 36.7 Å². The van der Waals surface area contributed by atoms with Gasteiger partial charge in [-0.05, 0) is 36.4 Å². The summed E-state index contributed by atoms with van der Waals surface area (Å²) in [6.45, 7) is -0.604. The molecule has 0 saturated heterocycles. The highest BCUT2D eigenvalue weighted by atomic mass is 32.2. The number of primary amides is 1. The lowest BCUT2D eigenvalue weighted by molar-refractivity contribution is 0.0640. The first-order valence-electron chi connectivity index (χ1n) is 8.54. The topological polar surface area (TPSA) is 140 Å². The van der Waals surface area contributed by atoms with E-state index in [2.05, 4.69) is 4.74 Å². The highest BCUT2D eigenvalue weighted by Gasteiger charge is 2.26. The largest absolute Gasteiger partial charge is 0.455 e. The number of rotatable bonds is 6. The van der Waals surface area contributed by atoms with Crippen molar-refractivity contribution in [2.45, 2.75) is 0 Å². The van der Waals surface area contributed by atoms with Gasteiger partial charge in [-0.3, -0.25) is 4.31 Å². The van der Waals surface area contributed by atoms with Gasteiger partial charge in [-0.25, -0.2) is 22.4 Å². The average Bonchev–Trinajstić information content (AvgIpc) is 3.03. The lowest BCUT2D eigenvalue weighted by atomic mass is 10.1. The van der Waals surface area contributed by atoms with Gasteiger partial charge in [-0.15, -0.1) is 0 Å². The summed E-state index contributed by atoms with van der Waals surface area (Å²) in [5.74, 6) is -1.60. The van der Waals surface area contributed by atoms with E-state index < -0.39 is 34.5 Å². The summed E-state index contributed by atoms with van der Waals surface area (Å²) in [7, 11) is -3.70. The summed E-state index contributed by atoms with van der Waals surface area (Å²) in [6, 6.07) is 9.22. The normalized spacial score (nSPS) is 11.4. The molecule has 3 aromatic rings. The molecule has 0 aliphatic rings. The number of aliphatic hydroxyl groups excluding tert-OH is 1. The third-order valence-electron chi connectivity index (χ3n) is 4.17. The summed E-state index contributed by atoms with van der Waals surface area (Å²) in [4.78, 5) is 23.5. The first-order chi connectivity index (χ1) is 14.1. The number of carbonyl (C=O) groups excluding carboxylic acids is 2. The number of anilines is 1. The number of aliphatic hydroxyl groups is 1. The van der Waals surface area contributed by atoms with Crippen LogP contribution in [0.25, 0.3) is 22.3 Å². The molecule has 0 saturated carbocycles. The van der Waals surface area contributed by atoms with Crippen LogP contribution in [-0.2, 0) is 14.8 Å². The third kappa shape index (κ3) is 4.26. The van der Waals surface area contributed by atoms with E-state index in [4.69, 9.17) is 10.2 Å². The standard InChI is InChI=1S/C19H17FN2O7S/c1-30(26,27)22(8-9-23)13-6-7-14-15(10-13)28-17(11-2-4-12(20)5-3-11)16(14)18(24)29-19(21)25/h2-7,10,23H,8-9H2,1H3,(H2,21,25). The molecule has 0 bridgehead atoms. The van der Waals surface area contributed by atoms with E-state index in [0.717, 1.165) is 22.7 Å². The molecule has 0 unspecified atom stereocenters. The van der Waals surface area contributed by atoms with E-state index in [9.17, 15) is 27.5 Å². The van der Waals surface area contributed by atoms with Gasteiger partial charge < -0.3 is 20.0 Å². The minimum atomic E-state index is -3.70. The minimum Gasteiger partial charge on any atom is -0.455 e. The molecule has 2 aromatic carbocycles. The van der Waals surface area contributed by atoms with Gasteiger partial charge in [0.25, 0.3) is 0 Å². The molecule has 1 aromatic heterocycles. The number of nitrogens with two attached hydrogens (primary N) is 1. The Morgan fingerprint density at radius 1 is 1.20 bits per heavy atom. The van der Waals surface area contributed by atoms with Crippen molar-refractivity contribution in [1.82, 2.24) is 0 Å². The van der Waals surface area contributed by atoms with Gasteiger partial charge >= 0.3 is 12.1 Å². The van der Waals surface area contributed by atoms with Crippen LogP contribution < -0.4 is 10.0 Å². The van der Waals surface area contributed by atoms with Crippen LogP contribution in [0.15, 0.2) is 46.9 Å². The number of hydrogen-bond donors (Lipinski definition) is 2. The van der Waals surface area contributed by atoms with Crippen molar-refractivity contribution in [3.63, 3.8) is 0 Å². The quantitative estimate of drug-likeness (QED) is 0.446. The second kappa shape index (κ2) is 8.13. The second-order valence-electron chi connectivity index (χ2n) is 6.26. The Morgan fingerprint density at radius 3 is 2.43 bits per heavy atom. The molecule has 30 heavy (non-hydrogen) atoms. The first-order valence-corrected chi connectivity index (χ1v) is 10.4. The van der Waals surface area contributed by atoms with Crippen LogP contribution in [0.3, 0.4) is 0 Å². The van der Waals surface area contributed by atoms with Crippen LogP contribution >= 0.6 is 0 Å². The fourth-order valence-electron chi connectivity index (χ4n) is 2.97. The summed E-state index contributed by atoms with van der Waals surface area (Å²) in [6.07, 6.45) is -0.337. The van der Waals surface area contributed by atoms with Gasteiger partial charge in [0.2, 0.25) is 10.0 Å². The van der Waals surface area contributed by atoms with Gasteiger partial charge in [0.05, 0.1) is 25.1 Å². The molecule has 0 aliphatic carbocycles. The van der Waals surface area contributed by atoms with Gasteiger partial charge in [0.15, 0.2) is 0 Å². The molecule has 9 nitrogen and oxygen atoms in total. The zero-order valence-electron chi connectivity index (χ0n) is 15.7. The summed E-state index contributed by atoms with van der Waals surface area (Å²) in [5, 5.41) is 9.41. The highest BCUT2D eigenvalue weighted by Crippen LogP contribution is 2.36. The van der Waals surface area contributed by atoms with E-state index in [-0.39, 0.29) is 34.5 Å². The maximum atomic E-state index is 13.3. The molecule has 3 N–H and O–H groups in total. The molecule has 0 atom stereocenters. The monoisotopic (exact) mass is 436 g/mol. The number of benzene rings is 2. The van der Waals surface area contributed by atoms with Crippen LogP contribution in [0.2, 0.25) is 0 Å². The molecule has 0 fully saturated rings. The minimum absolute atomic E-state index is 0.0125. The maximum Gasteiger partial charge on any atom is 0.412 e. The molecule has 0 radical (unpaired) electrons. The fraction of sp³-hybridized carbons (Fsp3) is 0.158. The number of fused-ring (bicyclic) bond motifs is 1. The Labute approximate surface area is 170 Å². The van der Waals surface area contributed by atoms with Crippen molar-refractivity contribution in [1.29, 1.82) is 0 Å². The fourth-order valence-corrected chi connectivity index (χ4v) is 3.88. The predicted molar refractivity (Wildman–Crippen MR) is 106 cm³/mol. The van der Waals surface area contributed by atoms with Gasteiger partial charge in [-0.2, -0.15) is 0 Å². The van der Waals surface area contributed by atoms with Crippen LogP contribution in [-0.4, -0.2) is 45.0 Å². The molecular weight excluding hydrogens is 419 g/mol. The smallest absolute Gasteiger partial charge is 0.412 e. The predicted octanol–water partition coefficient (Wildman–Crippen LogP) is 2.23. The summed E-state index contributed by atoms with van der Waals surface area (Å²) >= 11 is 0. The van der Waals surface area contributed by atoms with E-state index >= 15 is 0 Å². The van der Waals surface area contributed by atoms with Gasteiger partial charge in [0.1, 0.15) is 22.7 Å². The van der Waals surface area contributed by atoms with E-state index in [1.165, 1.54) is 30.3 Å². The van der Waals surface area contributed by atoms with Crippen LogP contribution in [0.5, 0.6) is 0 Å². The van der Waals surface area contributed by atoms with Gasteiger partial charge in [-0.1, -0.05) is 0 Å². The molecule has 1 amide bonds. The number of carbonyl (C=O) groups is 2. The van der Waals surface area contributed by atoms with Crippen molar-refractivity contribution >= 4 is 38.7 Å². The molecular formula is C19H17FN2O7S. The average molecular weight is 436 g/mol. The van der Waals surface area contributed by atoms with Crippen LogP contribution in [0, 0.1) is 5.82 Å². The molecule has 158 valence electrons. The lowest BCUT2D eigenvalue weighted by Gasteiger charge is -2.21. The molecule has 0 aliphatic heterocycles. The van der Waals surface area contributed by atoms with E-state index in [0.29, 0.717) is 5.56 Å². The number of halogens is 1. The van der Waals surface area contributed by atoms with Crippen molar-refractivity contribution in [2.24, 2.45) is 5.73 Å². The Hall–Kier alpha value is -3.44. The summed E-state index contributed by atoms with van der Waals surface area (Å²) < 4.78 is 48.6. The van der Waals surface area contributed by atoms with Crippen molar-refractivity contribution in [2.75, 3.05) is 23.7 Å². The molecule has 11 heteroatoms. The van der Waals surface area contributed by atoms with Gasteiger partial charge in [0, 0.05) is 17.0 Å². The number of esters is 1. The molecule has 3 rings (SSSR count). The lowest BCUT2D eigenvalue weighted by Crippen LogP contribution is -2.32. The number of amides is 1. The zero-order chi connectivity index (χ0) is 22.1. The molecule has 0 spiro atoms. The Kier molecular flexibility index (Phi) is 5.76. The number of nitrogens with zero attached hydrogens (tertiary/aromatic N) is 1. The van der Waals surface area contributed by atoms with Crippen LogP contribution in [0.1, 0.15) is 10.4 Å². The third-order valence-corrected chi connectivity index (χ3v) is 5.36. The maximum absolute atomic E-state index is 13.3. The molecule has 1 heterocycles. The number of hydrogen-bond acceptors (Lipinski definition) is 7. The first kappa shape index (κ1) is 21.3. The van der Waals surface area contributed by atoms with E-state index in [1.807, 2.05) is 0 Å². The van der Waals surface area contributed by atoms with Crippen LogP contribution in [0.4, 0.5) is 14.9 Å². The van der Waals surface area contributed by atoms with Crippen molar-refractivity contribution in [3.05, 3.63) is 53.8 Å². The second-order valence-corrected chi connectivity index (χ2v) is 8.17. The Balaban J connectivity index is 2.22. The number of sulfonamides is 1. The summed E-state index contributed by atoms with van der Waals surface area (Å²) in [5.41, 5.74) is 5.42. The zero-order valence-corrected chi connectivity index (χ0v) is 16.5. The Morgan fingerprint density at radius 2 is 1.87 bits per heavy atom.